The highest BCUT2D eigenvalue weighted by Crippen LogP contribution is 2.25. The van der Waals surface area contributed by atoms with E-state index in [0.29, 0.717) is 30.0 Å². The van der Waals surface area contributed by atoms with Gasteiger partial charge in [0, 0.05) is 74.1 Å². The fourth-order valence-corrected chi connectivity index (χ4v) is 5.34. The van der Waals surface area contributed by atoms with Gasteiger partial charge in [0.2, 0.25) is 0 Å². The van der Waals surface area contributed by atoms with Gasteiger partial charge in [-0.1, -0.05) is 42.1 Å². The number of carbonyl (C=O) groups excluding carboxylic acids is 1. The Balaban J connectivity index is 1.13. The number of para-hydroxylation sites is 1. The number of nitrogens with zero attached hydrogens (tertiary/aromatic N) is 5. The van der Waals surface area contributed by atoms with E-state index in [1.165, 1.54) is 6.07 Å². The van der Waals surface area contributed by atoms with Crippen molar-refractivity contribution >= 4 is 29.2 Å². The summed E-state index contributed by atoms with van der Waals surface area (Å²) >= 11 is 1.57. The second-order valence-electron chi connectivity index (χ2n) is 9.39. The molecule has 1 aliphatic rings. The lowest BCUT2D eigenvalue weighted by molar-refractivity contribution is 0.0954. The number of pyridine rings is 1. The van der Waals surface area contributed by atoms with Crippen molar-refractivity contribution in [2.75, 3.05) is 42.5 Å². The van der Waals surface area contributed by atoms with Crippen molar-refractivity contribution in [3.05, 3.63) is 107 Å². The van der Waals surface area contributed by atoms with E-state index in [1.54, 1.807) is 24.0 Å². The van der Waals surface area contributed by atoms with Crippen molar-refractivity contribution in [1.29, 1.82) is 0 Å². The monoisotopic (exact) mass is 542 g/mol. The molecule has 2 aromatic heterocycles. The number of benzene rings is 2. The van der Waals surface area contributed by atoms with E-state index in [9.17, 15) is 9.18 Å². The molecule has 0 unspecified atom stereocenters. The van der Waals surface area contributed by atoms with Gasteiger partial charge in [-0.15, -0.1) is 0 Å². The van der Waals surface area contributed by atoms with Crippen LogP contribution in [0.2, 0.25) is 0 Å². The minimum absolute atomic E-state index is 0.0908. The number of piperazine rings is 1. The number of hydrogen-bond acceptors (Lipinski definition) is 7. The molecule has 1 fully saturated rings. The van der Waals surface area contributed by atoms with Crippen molar-refractivity contribution in [2.45, 2.75) is 24.3 Å². The number of aryl methyl sites for hydroxylation is 1. The average Bonchev–Trinajstić information content (AvgIpc) is 2.97. The van der Waals surface area contributed by atoms with Crippen LogP contribution in [0.15, 0.2) is 84.1 Å². The average molecular weight is 543 g/mol. The van der Waals surface area contributed by atoms with Gasteiger partial charge in [0.05, 0.1) is 5.69 Å². The van der Waals surface area contributed by atoms with E-state index in [2.05, 4.69) is 25.1 Å². The number of nitrogens with one attached hydrogen (secondary N) is 1. The summed E-state index contributed by atoms with van der Waals surface area (Å²) in [7, 11) is 0. The van der Waals surface area contributed by atoms with E-state index in [4.69, 9.17) is 4.98 Å². The molecule has 3 heterocycles. The van der Waals surface area contributed by atoms with Crippen LogP contribution in [-0.2, 0) is 12.2 Å². The number of aromatic nitrogens is 3. The van der Waals surface area contributed by atoms with Gasteiger partial charge < -0.3 is 15.1 Å². The van der Waals surface area contributed by atoms with E-state index in [1.807, 2.05) is 67.6 Å². The maximum absolute atomic E-state index is 14.2. The van der Waals surface area contributed by atoms with Crippen molar-refractivity contribution < 1.29 is 9.18 Å². The predicted octanol–water partition coefficient (Wildman–Crippen LogP) is 4.91. The number of rotatable bonds is 9. The van der Waals surface area contributed by atoms with Gasteiger partial charge in [0.15, 0.2) is 5.16 Å². The molecule has 1 saturated heterocycles. The first-order valence-electron chi connectivity index (χ1n) is 13.0. The molecule has 0 bridgehead atoms. The quantitative estimate of drug-likeness (QED) is 0.238. The second kappa shape index (κ2) is 12.7. The lowest BCUT2D eigenvalue weighted by Crippen LogP contribution is -2.47. The Hall–Kier alpha value is -3.98. The molecule has 200 valence electrons. The number of carbonyl (C=O) groups is 1. The topological polar surface area (TPSA) is 74.2 Å². The molecule has 0 atom stereocenters. The molecule has 4 aromatic rings. The Kier molecular flexibility index (Phi) is 8.68. The summed E-state index contributed by atoms with van der Waals surface area (Å²) in [5.41, 5.74) is 4.25. The van der Waals surface area contributed by atoms with Gasteiger partial charge in [0.25, 0.3) is 5.91 Å². The zero-order valence-corrected chi connectivity index (χ0v) is 22.7. The molecular formula is C30H31FN6OS. The molecule has 0 saturated carbocycles. The summed E-state index contributed by atoms with van der Waals surface area (Å²) in [6.07, 6.45) is 2.45. The number of thioether (sulfide) groups is 1. The van der Waals surface area contributed by atoms with E-state index in [-0.39, 0.29) is 11.7 Å². The number of halogens is 1. The maximum atomic E-state index is 14.2. The molecule has 2 aromatic carbocycles. The minimum atomic E-state index is -0.184. The zero-order chi connectivity index (χ0) is 27.0. The first kappa shape index (κ1) is 26.6. The first-order valence-corrected chi connectivity index (χ1v) is 14.0. The lowest BCUT2D eigenvalue weighted by Gasteiger charge is -2.37. The van der Waals surface area contributed by atoms with Crippen LogP contribution in [0.25, 0.3) is 0 Å². The van der Waals surface area contributed by atoms with Gasteiger partial charge in [-0.05, 0) is 48.9 Å². The van der Waals surface area contributed by atoms with E-state index >= 15 is 0 Å². The molecule has 1 aliphatic heterocycles. The third-order valence-electron chi connectivity index (χ3n) is 6.59. The Morgan fingerprint density at radius 2 is 1.69 bits per heavy atom. The van der Waals surface area contributed by atoms with Crippen molar-refractivity contribution in [3.8, 4) is 0 Å². The van der Waals surface area contributed by atoms with Gasteiger partial charge in [-0.2, -0.15) is 0 Å². The molecule has 9 heteroatoms. The summed E-state index contributed by atoms with van der Waals surface area (Å²) in [5, 5.41) is 3.67. The van der Waals surface area contributed by atoms with Crippen LogP contribution >= 0.6 is 11.8 Å². The Bertz CT molecular complexity index is 1390. The summed E-state index contributed by atoms with van der Waals surface area (Å²) in [4.78, 5) is 30.5. The standard InChI is InChI=1S/C30H31FN6OS/c1-22-20-28(37-18-16-36(17-19-37)27-8-3-2-7-26(27)31)35-30(34-22)39-21-23-9-11-24(12-10-23)29(38)33-15-13-25-6-4-5-14-32-25/h2-12,14,20H,13,15-19,21H2,1H3,(H,33,38). The molecule has 0 spiro atoms. The van der Waals surface area contributed by atoms with Crippen LogP contribution < -0.4 is 15.1 Å². The van der Waals surface area contributed by atoms with Crippen LogP contribution in [0.4, 0.5) is 15.9 Å². The van der Waals surface area contributed by atoms with Gasteiger partial charge in [-0.25, -0.2) is 14.4 Å². The van der Waals surface area contributed by atoms with Gasteiger partial charge >= 0.3 is 0 Å². The molecular weight excluding hydrogens is 511 g/mol. The lowest BCUT2D eigenvalue weighted by atomic mass is 10.1. The smallest absolute Gasteiger partial charge is 0.251 e. The summed E-state index contributed by atoms with van der Waals surface area (Å²) < 4.78 is 14.2. The van der Waals surface area contributed by atoms with Gasteiger partial charge in [0.1, 0.15) is 11.6 Å². The fraction of sp³-hybridized carbons (Fsp3) is 0.267. The van der Waals surface area contributed by atoms with Crippen LogP contribution in [0.3, 0.4) is 0 Å². The zero-order valence-electron chi connectivity index (χ0n) is 21.9. The minimum Gasteiger partial charge on any atom is -0.366 e. The van der Waals surface area contributed by atoms with Crippen molar-refractivity contribution in [1.82, 2.24) is 20.3 Å². The first-order chi connectivity index (χ1) is 19.0. The predicted molar refractivity (Wildman–Crippen MR) is 154 cm³/mol. The molecule has 0 aliphatic carbocycles. The van der Waals surface area contributed by atoms with Crippen LogP contribution in [0, 0.1) is 12.7 Å². The van der Waals surface area contributed by atoms with Crippen molar-refractivity contribution in [3.63, 3.8) is 0 Å². The summed E-state index contributed by atoms with van der Waals surface area (Å²) in [6.45, 7) is 5.51. The Morgan fingerprint density at radius 3 is 2.44 bits per heavy atom. The summed E-state index contributed by atoms with van der Waals surface area (Å²) in [5.74, 6) is 1.32. The highest BCUT2D eigenvalue weighted by atomic mass is 32.2. The van der Waals surface area contributed by atoms with Crippen LogP contribution in [0.1, 0.15) is 27.3 Å². The Morgan fingerprint density at radius 1 is 0.949 bits per heavy atom. The maximum Gasteiger partial charge on any atom is 0.251 e. The molecule has 39 heavy (non-hydrogen) atoms. The number of hydrogen-bond donors (Lipinski definition) is 1. The van der Waals surface area contributed by atoms with Crippen LogP contribution in [0.5, 0.6) is 0 Å². The SMILES string of the molecule is Cc1cc(N2CCN(c3ccccc3F)CC2)nc(SCc2ccc(C(=O)NCCc3ccccn3)cc2)n1. The number of amides is 1. The van der Waals surface area contributed by atoms with Crippen molar-refractivity contribution in [2.24, 2.45) is 0 Å². The van der Waals surface area contributed by atoms with Crippen LogP contribution in [-0.4, -0.2) is 53.6 Å². The third kappa shape index (κ3) is 7.11. The molecule has 1 amide bonds. The third-order valence-corrected chi connectivity index (χ3v) is 7.51. The fourth-order valence-electron chi connectivity index (χ4n) is 4.49. The molecule has 7 nitrogen and oxygen atoms in total. The molecule has 1 N–H and O–H groups in total. The highest BCUT2D eigenvalue weighted by molar-refractivity contribution is 7.98. The van der Waals surface area contributed by atoms with Gasteiger partial charge in [-0.3, -0.25) is 9.78 Å². The van der Waals surface area contributed by atoms with E-state index < -0.39 is 0 Å². The summed E-state index contributed by atoms with van der Waals surface area (Å²) in [6, 6.07) is 22.3. The highest BCUT2D eigenvalue weighted by Gasteiger charge is 2.21. The van der Waals surface area contributed by atoms with E-state index in [0.717, 1.165) is 54.1 Å². The largest absolute Gasteiger partial charge is 0.366 e. The number of anilines is 2. The second-order valence-corrected chi connectivity index (χ2v) is 10.3. The Labute approximate surface area is 232 Å². The molecule has 0 radical (unpaired) electrons. The normalized spacial score (nSPS) is 13.4. The molecule has 5 rings (SSSR count).